The first kappa shape index (κ1) is 20.4. The van der Waals surface area contributed by atoms with E-state index >= 15 is 0 Å². The molecule has 1 N–H and O–H groups in total. The standard InChI is InChI=1S/C18H25BrN2O3/c1-5-21(12-16(23)20-18(2,3)4)17(24)11-10-15(22)13-6-8-14(19)9-7-13/h6-9H,5,10-12H2,1-4H3,(H,20,23). The minimum absolute atomic E-state index is 0.0130. The molecule has 0 aromatic heterocycles. The van der Waals surface area contributed by atoms with Crippen molar-refractivity contribution in [2.45, 2.75) is 46.1 Å². The number of carbonyl (C=O) groups excluding carboxylic acids is 3. The van der Waals surface area contributed by atoms with Crippen molar-refractivity contribution in [1.29, 1.82) is 0 Å². The van der Waals surface area contributed by atoms with Crippen molar-refractivity contribution in [2.24, 2.45) is 0 Å². The number of Topliss-reactive ketones (excluding diaryl/α,β-unsaturated/α-hetero) is 1. The number of hydrogen-bond donors (Lipinski definition) is 1. The minimum atomic E-state index is -0.336. The van der Waals surface area contributed by atoms with E-state index in [1.54, 1.807) is 24.3 Å². The average molecular weight is 397 g/mol. The summed E-state index contributed by atoms with van der Waals surface area (Å²) >= 11 is 3.32. The van der Waals surface area contributed by atoms with Gasteiger partial charge in [0.05, 0.1) is 6.54 Å². The zero-order valence-electron chi connectivity index (χ0n) is 14.7. The molecule has 0 spiro atoms. The Morgan fingerprint density at radius 3 is 2.17 bits per heavy atom. The van der Waals surface area contributed by atoms with Gasteiger partial charge in [-0.1, -0.05) is 28.1 Å². The Balaban J connectivity index is 2.53. The molecule has 2 amide bonds. The van der Waals surface area contributed by atoms with Crippen LogP contribution < -0.4 is 5.32 Å². The summed E-state index contributed by atoms with van der Waals surface area (Å²) < 4.78 is 0.900. The van der Waals surface area contributed by atoms with Crippen molar-refractivity contribution in [3.63, 3.8) is 0 Å². The lowest BCUT2D eigenvalue weighted by Gasteiger charge is -2.25. The van der Waals surface area contributed by atoms with E-state index in [0.717, 1.165) is 4.47 Å². The zero-order valence-corrected chi connectivity index (χ0v) is 16.3. The Bertz CT molecular complexity index is 591. The molecule has 0 saturated heterocycles. The lowest BCUT2D eigenvalue weighted by Crippen LogP contribution is -2.47. The maximum atomic E-state index is 12.3. The first-order valence-electron chi connectivity index (χ1n) is 8.00. The highest BCUT2D eigenvalue weighted by Crippen LogP contribution is 2.13. The fourth-order valence-corrected chi connectivity index (χ4v) is 2.43. The van der Waals surface area contributed by atoms with Gasteiger partial charge in [-0.25, -0.2) is 0 Å². The van der Waals surface area contributed by atoms with E-state index < -0.39 is 0 Å². The molecule has 0 heterocycles. The number of benzene rings is 1. The molecule has 0 aliphatic rings. The molecule has 0 unspecified atom stereocenters. The summed E-state index contributed by atoms with van der Waals surface area (Å²) in [6.45, 7) is 7.93. The number of nitrogens with zero attached hydrogens (tertiary/aromatic N) is 1. The number of amides is 2. The second-order valence-corrected chi connectivity index (χ2v) is 7.55. The minimum Gasteiger partial charge on any atom is -0.350 e. The SMILES string of the molecule is CCN(CC(=O)NC(C)(C)C)C(=O)CCC(=O)c1ccc(Br)cc1. The molecule has 0 radical (unpaired) electrons. The molecule has 0 atom stereocenters. The van der Waals surface area contributed by atoms with Crippen LogP contribution in [0.25, 0.3) is 0 Å². The summed E-state index contributed by atoms with van der Waals surface area (Å²) in [5.41, 5.74) is 0.247. The third-order valence-corrected chi connectivity index (χ3v) is 3.84. The van der Waals surface area contributed by atoms with Gasteiger partial charge in [-0.05, 0) is 39.8 Å². The van der Waals surface area contributed by atoms with E-state index in [2.05, 4.69) is 21.2 Å². The molecule has 0 aliphatic carbocycles. The van der Waals surface area contributed by atoms with Crippen LogP contribution in [-0.2, 0) is 9.59 Å². The Morgan fingerprint density at radius 1 is 1.08 bits per heavy atom. The van der Waals surface area contributed by atoms with Crippen molar-refractivity contribution in [3.8, 4) is 0 Å². The fraction of sp³-hybridized carbons (Fsp3) is 0.500. The highest BCUT2D eigenvalue weighted by atomic mass is 79.9. The second kappa shape index (κ2) is 8.97. The van der Waals surface area contributed by atoms with Crippen molar-refractivity contribution >= 4 is 33.5 Å². The first-order chi connectivity index (χ1) is 11.1. The molecule has 132 valence electrons. The van der Waals surface area contributed by atoms with Crippen LogP contribution in [0.1, 0.15) is 50.9 Å². The zero-order chi connectivity index (χ0) is 18.3. The topological polar surface area (TPSA) is 66.5 Å². The van der Waals surface area contributed by atoms with Crippen LogP contribution in [0.2, 0.25) is 0 Å². The van der Waals surface area contributed by atoms with Crippen LogP contribution in [0.3, 0.4) is 0 Å². The average Bonchev–Trinajstić information content (AvgIpc) is 2.48. The molecule has 0 saturated carbocycles. The van der Waals surface area contributed by atoms with E-state index in [4.69, 9.17) is 0 Å². The summed E-state index contributed by atoms with van der Waals surface area (Å²) in [7, 11) is 0. The first-order valence-corrected chi connectivity index (χ1v) is 8.79. The van der Waals surface area contributed by atoms with E-state index in [-0.39, 0.29) is 42.5 Å². The summed E-state index contributed by atoms with van der Waals surface area (Å²) in [5, 5.41) is 2.83. The molecule has 1 rings (SSSR count). The molecule has 0 bridgehead atoms. The maximum absolute atomic E-state index is 12.3. The van der Waals surface area contributed by atoms with Gasteiger partial charge in [-0.15, -0.1) is 0 Å². The van der Waals surface area contributed by atoms with Crippen molar-refractivity contribution in [3.05, 3.63) is 34.3 Å². The fourth-order valence-electron chi connectivity index (χ4n) is 2.17. The van der Waals surface area contributed by atoms with Gasteiger partial charge in [0.1, 0.15) is 0 Å². The lowest BCUT2D eigenvalue weighted by atomic mass is 10.1. The van der Waals surface area contributed by atoms with Gasteiger partial charge in [0.2, 0.25) is 11.8 Å². The van der Waals surface area contributed by atoms with E-state index in [1.807, 2.05) is 27.7 Å². The van der Waals surface area contributed by atoms with Crippen LogP contribution in [-0.4, -0.2) is 41.1 Å². The molecule has 6 heteroatoms. The van der Waals surface area contributed by atoms with Crippen LogP contribution in [0.5, 0.6) is 0 Å². The van der Waals surface area contributed by atoms with Gasteiger partial charge in [-0.2, -0.15) is 0 Å². The molecule has 0 aliphatic heterocycles. The number of nitrogens with one attached hydrogen (secondary N) is 1. The molecule has 1 aromatic carbocycles. The molecule has 5 nitrogen and oxygen atoms in total. The summed E-state index contributed by atoms with van der Waals surface area (Å²) in [5.74, 6) is -0.463. The van der Waals surface area contributed by atoms with Crippen LogP contribution in [0.4, 0.5) is 0 Å². The largest absolute Gasteiger partial charge is 0.350 e. The number of halogens is 1. The molecular formula is C18H25BrN2O3. The number of rotatable bonds is 7. The number of likely N-dealkylation sites (N-methyl/N-ethyl adjacent to an activating group) is 1. The summed E-state index contributed by atoms with van der Waals surface area (Å²) in [6.07, 6.45) is 0.239. The van der Waals surface area contributed by atoms with E-state index in [9.17, 15) is 14.4 Å². The van der Waals surface area contributed by atoms with Gasteiger partial charge in [0.25, 0.3) is 0 Å². The normalized spacial score (nSPS) is 11.0. The second-order valence-electron chi connectivity index (χ2n) is 6.64. The van der Waals surface area contributed by atoms with Crippen LogP contribution >= 0.6 is 15.9 Å². The smallest absolute Gasteiger partial charge is 0.240 e. The summed E-state index contributed by atoms with van der Waals surface area (Å²) in [6, 6.07) is 7.05. The van der Waals surface area contributed by atoms with Gasteiger partial charge >= 0.3 is 0 Å². The monoisotopic (exact) mass is 396 g/mol. The molecule has 0 fully saturated rings. The van der Waals surface area contributed by atoms with Gasteiger partial charge in [0.15, 0.2) is 5.78 Å². The quantitative estimate of drug-likeness (QED) is 0.719. The van der Waals surface area contributed by atoms with Crippen molar-refractivity contribution < 1.29 is 14.4 Å². The Labute approximate surface area is 151 Å². The molecule has 1 aromatic rings. The third-order valence-electron chi connectivity index (χ3n) is 3.32. The van der Waals surface area contributed by atoms with Crippen LogP contribution in [0.15, 0.2) is 28.7 Å². The van der Waals surface area contributed by atoms with Gasteiger partial charge in [0, 0.05) is 35.0 Å². The van der Waals surface area contributed by atoms with Gasteiger partial charge in [-0.3, -0.25) is 14.4 Å². The van der Waals surface area contributed by atoms with Crippen molar-refractivity contribution in [2.75, 3.05) is 13.1 Å². The number of ketones is 1. The highest BCUT2D eigenvalue weighted by Gasteiger charge is 2.20. The molecule has 24 heavy (non-hydrogen) atoms. The highest BCUT2D eigenvalue weighted by molar-refractivity contribution is 9.10. The molecular weight excluding hydrogens is 372 g/mol. The lowest BCUT2D eigenvalue weighted by molar-refractivity contribution is -0.136. The van der Waals surface area contributed by atoms with Crippen molar-refractivity contribution in [1.82, 2.24) is 10.2 Å². The number of carbonyl (C=O) groups is 3. The van der Waals surface area contributed by atoms with E-state index in [1.165, 1.54) is 4.90 Å². The van der Waals surface area contributed by atoms with Crippen LogP contribution in [0, 0.1) is 0 Å². The predicted octanol–water partition coefficient (Wildman–Crippen LogP) is 3.18. The predicted molar refractivity (Wildman–Crippen MR) is 97.9 cm³/mol. The third kappa shape index (κ3) is 7.25. The Kier molecular flexibility index (Phi) is 7.60. The number of hydrogen-bond acceptors (Lipinski definition) is 3. The van der Waals surface area contributed by atoms with Gasteiger partial charge < -0.3 is 10.2 Å². The maximum Gasteiger partial charge on any atom is 0.240 e. The Hall–Kier alpha value is -1.69. The van der Waals surface area contributed by atoms with E-state index in [0.29, 0.717) is 12.1 Å². The summed E-state index contributed by atoms with van der Waals surface area (Å²) in [4.78, 5) is 37.8. The Morgan fingerprint density at radius 2 is 1.67 bits per heavy atom.